The molecule has 2 N–H and O–H groups in total. The van der Waals surface area contributed by atoms with Gasteiger partial charge in [0.1, 0.15) is 11.3 Å². The lowest BCUT2D eigenvalue weighted by molar-refractivity contribution is 0.0697. The van der Waals surface area contributed by atoms with Crippen molar-refractivity contribution < 1.29 is 24.2 Å². The van der Waals surface area contributed by atoms with E-state index in [1.165, 1.54) is 38.6 Å². The van der Waals surface area contributed by atoms with Gasteiger partial charge in [0.05, 0.1) is 25.5 Å². The molecule has 2 rings (SSSR count). The number of ether oxygens (including phenoxy) is 2. The highest BCUT2D eigenvalue weighted by molar-refractivity contribution is 6.08. The number of benzene rings is 1. The predicted octanol–water partition coefficient (Wildman–Crippen LogP) is 2.05. The molecular weight excluding hydrogens is 288 g/mol. The lowest BCUT2D eigenvalue weighted by atomic mass is 10.1. The molecule has 0 unspecified atom stereocenters. The second kappa shape index (κ2) is 6.57. The predicted molar refractivity (Wildman–Crippen MR) is 78.7 cm³/mol. The Morgan fingerprint density at radius 3 is 2.55 bits per heavy atom. The monoisotopic (exact) mass is 302 g/mol. The molecule has 0 aliphatic heterocycles. The van der Waals surface area contributed by atoms with Crippen LogP contribution in [0, 0.1) is 0 Å². The van der Waals surface area contributed by atoms with Crippen LogP contribution in [0.2, 0.25) is 0 Å². The maximum absolute atomic E-state index is 12.3. The Bertz CT molecular complexity index is 715. The molecule has 1 amide bonds. The smallest absolute Gasteiger partial charge is 0.337 e. The number of carbonyl (C=O) groups is 2. The van der Waals surface area contributed by atoms with Gasteiger partial charge in [-0.15, -0.1) is 0 Å². The summed E-state index contributed by atoms with van der Waals surface area (Å²) in [4.78, 5) is 27.5. The minimum absolute atomic E-state index is 0.0736. The summed E-state index contributed by atoms with van der Waals surface area (Å²) < 4.78 is 9.99. The van der Waals surface area contributed by atoms with Crippen LogP contribution < -0.4 is 14.8 Å². The van der Waals surface area contributed by atoms with Gasteiger partial charge in [-0.2, -0.15) is 0 Å². The van der Waals surface area contributed by atoms with Gasteiger partial charge < -0.3 is 19.9 Å². The highest BCUT2D eigenvalue weighted by Gasteiger charge is 2.17. The third kappa shape index (κ3) is 3.14. The quantitative estimate of drug-likeness (QED) is 0.877. The SMILES string of the molecule is COc1ccc(NC(=O)c2cccnc2OC)c(C(=O)O)c1. The molecule has 1 aromatic heterocycles. The Kier molecular flexibility index (Phi) is 4.57. The standard InChI is InChI=1S/C15H14N2O5/c1-21-9-5-6-12(11(8-9)15(19)20)17-13(18)10-4-3-7-16-14(10)22-2/h3-8H,1-2H3,(H,17,18)(H,19,20). The summed E-state index contributed by atoms with van der Waals surface area (Å²) in [6.07, 6.45) is 1.49. The highest BCUT2D eigenvalue weighted by Crippen LogP contribution is 2.24. The van der Waals surface area contributed by atoms with Gasteiger partial charge in [0, 0.05) is 6.20 Å². The molecule has 0 radical (unpaired) electrons. The Morgan fingerprint density at radius 2 is 1.91 bits per heavy atom. The first-order chi connectivity index (χ1) is 10.6. The zero-order valence-corrected chi connectivity index (χ0v) is 12.0. The first kappa shape index (κ1) is 15.3. The van der Waals surface area contributed by atoms with Gasteiger partial charge in [-0.25, -0.2) is 9.78 Å². The first-order valence-corrected chi connectivity index (χ1v) is 6.28. The Balaban J connectivity index is 2.34. The van der Waals surface area contributed by atoms with Crippen molar-refractivity contribution in [3.8, 4) is 11.6 Å². The normalized spacial score (nSPS) is 9.91. The van der Waals surface area contributed by atoms with E-state index in [2.05, 4.69) is 10.3 Å². The van der Waals surface area contributed by atoms with Crippen molar-refractivity contribution in [2.75, 3.05) is 19.5 Å². The largest absolute Gasteiger partial charge is 0.497 e. The third-order valence-corrected chi connectivity index (χ3v) is 2.91. The Hall–Kier alpha value is -3.09. The summed E-state index contributed by atoms with van der Waals surface area (Å²) in [6, 6.07) is 7.47. The summed E-state index contributed by atoms with van der Waals surface area (Å²) in [5.74, 6) is -1.15. The molecule has 2 aromatic rings. The van der Waals surface area contributed by atoms with Gasteiger partial charge in [-0.3, -0.25) is 4.79 Å². The maximum atomic E-state index is 12.3. The molecular formula is C15H14N2O5. The van der Waals surface area contributed by atoms with E-state index in [0.29, 0.717) is 5.75 Å². The van der Waals surface area contributed by atoms with Gasteiger partial charge in [-0.05, 0) is 30.3 Å². The van der Waals surface area contributed by atoms with Crippen LogP contribution in [0.25, 0.3) is 0 Å². The molecule has 1 heterocycles. The molecule has 0 atom stereocenters. The van der Waals surface area contributed by atoms with Gasteiger partial charge in [0.2, 0.25) is 5.88 Å². The van der Waals surface area contributed by atoms with E-state index >= 15 is 0 Å². The van der Waals surface area contributed by atoms with E-state index in [-0.39, 0.29) is 22.7 Å². The minimum atomic E-state index is -1.17. The van der Waals surface area contributed by atoms with Crippen LogP contribution in [-0.4, -0.2) is 36.2 Å². The van der Waals surface area contributed by atoms with E-state index in [1.807, 2.05) is 0 Å². The molecule has 0 saturated heterocycles. The molecule has 22 heavy (non-hydrogen) atoms. The zero-order chi connectivity index (χ0) is 16.1. The van der Waals surface area contributed by atoms with Crippen LogP contribution in [0.15, 0.2) is 36.5 Å². The van der Waals surface area contributed by atoms with Crippen LogP contribution in [-0.2, 0) is 0 Å². The van der Waals surface area contributed by atoms with Crippen molar-refractivity contribution in [2.45, 2.75) is 0 Å². The Labute approximate surface area is 126 Å². The number of rotatable bonds is 5. The zero-order valence-electron chi connectivity index (χ0n) is 12.0. The summed E-state index contributed by atoms with van der Waals surface area (Å²) in [5, 5.41) is 11.8. The van der Waals surface area contributed by atoms with Gasteiger partial charge in [0.15, 0.2) is 0 Å². The van der Waals surface area contributed by atoms with Crippen molar-refractivity contribution >= 4 is 17.6 Å². The van der Waals surface area contributed by atoms with Crippen LogP contribution in [0.5, 0.6) is 11.6 Å². The number of hydrogen-bond acceptors (Lipinski definition) is 5. The number of carboxylic acids is 1. The maximum Gasteiger partial charge on any atom is 0.337 e. The number of hydrogen-bond donors (Lipinski definition) is 2. The number of pyridine rings is 1. The lowest BCUT2D eigenvalue weighted by Crippen LogP contribution is -2.16. The third-order valence-electron chi connectivity index (χ3n) is 2.91. The van der Waals surface area contributed by atoms with Crippen molar-refractivity contribution in [3.63, 3.8) is 0 Å². The summed E-state index contributed by atoms with van der Waals surface area (Å²) in [6.45, 7) is 0. The fraction of sp³-hybridized carbons (Fsp3) is 0.133. The van der Waals surface area contributed by atoms with Crippen molar-refractivity contribution in [2.24, 2.45) is 0 Å². The lowest BCUT2D eigenvalue weighted by Gasteiger charge is -2.11. The topological polar surface area (TPSA) is 97.8 Å². The number of amides is 1. The average Bonchev–Trinajstić information content (AvgIpc) is 2.54. The van der Waals surface area contributed by atoms with Crippen molar-refractivity contribution in [3.05, 3.63) is 47.7 Å². The van der Waals surface area contributed by atoms with Gasteiger partial charge in [0.25, 0.3) is 5.91 Å². The second-order valence-electron chi connectivity index (χ2n) is 4.23. The number of anilines is 1. The molecule has 0 spiro atoms. The van der Waals surface area contributed by atoms with E-state index in [0.717, 1.165) is 0 Å². The molecule has 7 heteroatoms. The summed E-state index contributed by atoms with van der Waals surface area (Å²) in [7, 11) is 2.83. The van der Waals surface area contributed by atoms with E-state index in [4.69, 9.17) is 9.47 Å². The molecule has 114 valence electrons. The first-order valence-electron chi connectivity index (χ1n) is 6.28. The molecule has 0 bridgehead atoms. The minimum Gasteiger partial charge on any atom is -0.497 e. The van der Waals surface area contributed by atoms with Gasteiger partial charge in [-0.1, -0.05) is 0 Å². The van der Waals surface area contributed by atoms with Crippen LogP contribution in [0.4, 0.5) is 5.69 Å². The number of carboxylic acid groups (broad SMARTS) is 1. The van der Waals surface area contributed by atoms with Crippen LogP contribution in [0.1, 0.15) is 20.7 Å². The summed E-state index contributed by atoms with van der Waals surface area (Å²) in [5.41, 5.74) is 0.289. The fourth-order valence-electron chi connectivity index (χ4n) is 1.85. The average molecular weight is 302 g/mol. The molecule has 7 nitrogen and oxygen atoms in total. The Morgan fingerprint density at radius 1 is 1.14 bits per heavy atom. The highest BCUT2D eigenvalue weighted by atomic mass is 16.5. The van der Waals surface area contributed by atoms with Crippen molar-refractivity contribution in [1.29, 1.82) is 0 Å². The number of carbonyl (C=O) groups excluding carboxylic acids is 1. The molecule has 0 aliphatic carbocycles. The van der Waals surface area contributed by atoms with Crippen LogP contribution >= 0.6 is 0 Å². The second-order valence-corrected chi connectivity index (χ2v) is 4.23. The van der Waals surface area contributed by atoms with E-state index in [9.17, 15) is 14.7 Å². The fourth-order valence-corrected chi connectivity index (χ4v) is 1.85. The molecule has 1 aromatic carbocycles. The van der Waals surface area contributed by atoms with E-state index in [1.54, 1.807) is 12.1 Å². The van der Waals surface area contributed by atoms with Gasteiger partial charge >= 0.3 is 5.97 Å². The number of nitrogens with one attached hydrogen (secondary N) is 1. The molecule has 0 saturated carbocycles. The number of aromatic nitrogens is 1. The van der Waals surface area contributed by atoms with Crippen molar-refractivity contribution in [1.82, 2.24) is 4.98 Å². The van der Waals surface area contributed by atoms with Crippen LogP contribution in [0.3, 0.4) is 0 Å². The molecule has 0 fully saturated rings. The number of nitrogens with zero attached hydrogens (tertiary/aromatic N) is 1. The summed E-state index contributed by atoms with van der Waals surface area (Å²) >= 11 is 0. The van der Waals surface area contributed by atoms with E-state index < -0.39 is 11.9 Å². The number of methoxy groups -OCH3 is 2. The number of aromatic carboxylic acids is 1. The molecule has 0 aliphatic rings.